The topological polar surface area (TPSA) is 21.5 Å². The molecule has 2 heterocycles. The summed E-state index contributed by atoms with van der Waals surface area (Å²) in [6.45, 7) is 10.7. The van der Waals surface area contributed by atoms with Gasteiger partial charge in [-0.25, -0.2) is 0 Å². The van der Waals surface area contributed by atoms with E-state index in [0.717, 1.165) is 22.3 Å². The van der Waals surface area contributed by atoms with Crippen LogP contribution in [0.15, 0.2) is 24.4 Å². The Labute approximate surface area is 153 Å². The van der Waals surface area contributed by atoms with Gasteiger partial charge in [-0.15, -0.1) is 0 Å². The lowest BCUT2D eigenvalue weighted by molar-refractivity contribution is -0.891. The van der Waals surface area contributed by atoms with Gasteiger partial charge in [-0.05, 0) is 43.0 Å². The Hall–Kier alpha value is -1.61. The van der Waals surface area contributed by atoms with E-state index in [1.807, 2.05) is 12.3 Å². The molecular weight excluding hydrogens is 308 g/mol. The first-order valence-electron chi connectivity index (χ1n) is 9.71. The van der Waals surface area contributed by atoms with Gasteiger partial charge < -0.3 is 8.88 Å². The summed E-state index contributed by atoms with van der Waals surface area (Å²) in [5, 5.41) is 0. The molecule has 0 bridgehead atoms. The van der Waals surface area contributed by atoms with Gasteiger partial charge in [0.1, 0.15) is 0 Å². The van der Waals surface area contributed by atoms with E-state index >= 15 is 0 Å². The zero-order valence-corrected chi connectivity index (χ0v) is 16.9. The SMILES string of the molecule is CCCCCC[N+](C)(C)CC(C)c1c(C)c(C(C)=O)n2ccccc12. The average Bonchev–Trinajstić information content (AvgIpc) is 2.83. The number of likely N-dealkylation sites (N-methyl/N-ethyl adjacent to an activating group) is 1. The van der Waals surface area contributed by atoms with Crippen molar-refractivity contribution in [3.8, 4) is 0 Å². The van der Waals surface area contributed by atoms with E-state index in [4.69, 9.17) is 0 Å². The van der Waals surface area contributed by atoms with Gasteiger partial charge in [-0.3, -0.25) is 4.79 Å². The number of quaternary nitrogens is 1. The summed E-state index contributed by atoms with van der Waals surface area (Å²) in [5.74, 6) is 0.567. The Morgan fingerprint density at radius 3 is 2.56 bits per heavy atom. The minimum atomic E-state index is 0.144. The number of hydrogen-bond acceptors (Lipinski definition) is 1. The number of pyridine rings is 1. The third kappa shape index (κ3) is 4.52. The molecule has 2 aromatic rings. The van der Waals surface area contributed by atoms with E-state index < -0.39 is 0 Å². The number of hydrogen-bond donors (Lipinski definition) is 0. The summed E-state index contributed by atoms with van der Waals surface area (Å²) in [7, 11) is 4.67. The number of unbranched alkanes of at least 4 members (excludes halogenated alkanes) is 3. The van der Waals surface area contributed by atoms with Crippen LogP contribution in [0.1, 0.15) is 74.0 Å². The van der Waals surface area contributed by atoms with Crippen LogP contribution in [0, 0.1) is 6.92 Å². The highest BCUT2D eigenvalue weighted by Crippen LogP contribution is 2.31. The molecule has 138 valence electrons. The van der Waals surface area contributed by atoms with E-state index in [9.17, 15) is 4.79 Å². The Morgan fingerprint density at radius 1 is 1.20 bits per heavy atom. The predicted octanol–water partition coefficient (Wildman–Crippen LogP) is 5.21. The summed E-state index contributed by atoms with van der Waals surface area (Å²) >= 11 is 0. The van der Waals surface area contributed by atoms with Gasteiger partial charge in [-0.2, -0.15) is 0 Å². The van der Waals surface area contributed by atoms with Crippen LogP contribution in [0.5, 0.6) is 0 Å². The number of aromatic nitrogens is 1. The van der Waals surface area contributed by atoms with E-state index in [0.29, 0.717) is 5.92 Å². The summed E-state index contributed by atoms with van der Waals surface area (Å²) in [6.07, 6.45) is 7.26. The highest BCUT2D eigenvalue weighted by atomic mass is 16.1. The van der Waals surface area contributed by atoms with Crippen molar-refractivity contribution in [2.45, 2.75) is 59.3 Å². The fourth-order valence-electron chi connectivity index (χ4n) is 4.30. The van der Waals surface area contributed by atoms with Crippen molar-refractivity contribution < 1.29 is 9.28 Å². The second kappa shape index (κ2) is 8.18. The van der Waals surface area contributed by atoms with Crippen molar-refractivity contribution >= 4 is 11.3 Å². The van der Waals surface area contributed by atoms with Crippen molar-refractivity contribution in [1.29, 1.82) is 0 Å². The zero-order valence-electron chi connectivity index (χ0n) is 16.9. The van der Waals surface area contributed by atoms with Gasteiger partial charge in [0.15, 0.2) is 5.78 Å². The van der Waals surface area contributed by atoms with Crippen molar-refractivity contribution in [1.82, 2.24) is 4.40 Å². The van der Waals surface area contributed by atoms with E-state index in [1.54, 1.807) is 6.92 Å². The summed E-state index contributed by atoms with van der Waals surface area (Å²) in [4.78, 5) is 12.2. The first-order chi connectivity index (χ1) is 11.8. The first kappa shape index (κ1) is 19.7. The van der Waals surface area contributed by atoms with Crippen LogP contribution < -0.4 is 0 Å². The lowest BCUT2D eigenvalue weighted by Crippen LogP contribution is -2.43. The third-order valence-corrected chi connectivity index (χ3v) is 5.35. The lowest BCUT2D eigenvalue weighted by atomic mass is 9.95. The molecule has 3 heteroatoms. The molecule has 0 spiro atoms. The minimum Gasteiger partial charge on any atom is -0.328 e. The average molecular weight is 344 g/mol. The Kier molecular flexibility index (Phi) is 6.45. The molecule has 2 aromatic heterocycles. The highest BCUT2D eigenvalue weighted by Gasteiger charge is 2.26. The van der Waals surface area contributed by atoms with Crippen LogP contribution in [-0.2, 0) is 0 Å². The second-order valence-corrected chi connectivity index (χ2v) is 8.20. The highest BCUT2D eigenvalue weighted by molar-refractivity contribution is 5.96. The number of nitrogens with zero attached hydrogens (tertiary/aromatic N) is 2. The standard InChI is InChI=1S/C22H35N2O/c1-7-8-9-12-15-24(5,6)16-17(2)21-18(3)22(19(4)25)23-14-11-10-13-20(21)23/h10-11,13-14,17H,7-9,12,15-16H2,1-6H3/q+1. The molecule has 1 unspecified atom stereocenters. The predicted molar refractivity (Wildman–Crippen MR) is 107 cm³/mol. The molecule has 0 saturated heterocycles. The van der Waals surface area contributed by atoms with Crippen molar-refractivity contribution in [3.63, 3.8) is 0 Å². The molecule has 1 atom stereocenters. The molecular formula is C22H35N2O+. The van der Waals surface area contributed by atoms with Crippen LogP contribution in [0.4, 0.5) is 0 Å². The molecule has 2 rings (SSSR count). The molecule has 0 fully saturated rings. The summed E-state index contributed by atoms with van der Waals surface area (Å²) < 4.78 is 3.11. The quantitative estimate of drug-likeness (QED) is 0.348. The van der Waals surface area contributed by atoms with Gasteiger partial charge in [0, 0.05) is 24.6 Å². The van der Waals surface area contributed by atoms with Gasteiger partial charge in [0.25, 0.3) is 0 Å². The molecule has 0 aromatic carbocycles. The monoisotopic (exact) mass is 343 g/mol. The Bertz CT molecular complexity index is 727. The van der Waals surface area contributed by atoms with Crippen LogP contribution in [-0.4, -0.2) is 41.9 Å². The number of carbonyl (C=O) groups is 1. The minimum absolute atomic E-state index is 0.144. The van der Waals surface area contributed by atoms with Crippen LogP contribution in [0.25, 0.3) is 5.52 Å². The molecule has 25 heavy (non-hydrogen) atoms. The van der Waals surface area contributed by atoms with Crippen LogP contribution in [0.3, 0.4) is 0 Å². The number of carbonyl (C=O) groups excluding carboxylic acids is 1. The van der Waals surface area contributed by atoms with Crippen molar-refractivity contribution in [3.05, 3.63) is 41.2 Å². The lowest BCUT2D eigenvalue weighted by Gasteiger charge is -2.33. The second-order valence-electron chi connectivity index (χ2n) is 8.20. The Morgan fingerprint density at radius 2 is 1.92 bits per heavy atom. The number of fused-ring (bicyclic) bond motifs is 1. The number of Topliss-reactive ketones (excluding diaryl/α,β-unsaturated/α-hetero) is 1. The first-order valence-corrected chi connectivity index (χ1v) is 9.71. The molecule has 0 aliphatic carbocycles. The summed E-state index contributed by atoms with van der Waals surface area (Å²) in [6, 6.07) is 6.22. The van der Waals surface area contributed by atoms with Gasteiger partial charge in [0.05, 0.1) is 32.9 Å². The van der Waals surface area contributed by atoms with E-state index in [2.05, 4.69) is 51.4 Å². The largest absolute Gasteiger partial charge is 0.328 e. The molecule has 0 radical (unpaired) electrons. The maximum atomic E-state index is 12.2. The van der Waals surface area contributed by atoms with Crippen LogP contribution in [0.2, 0.25) is 0 Å². The fourth-order valence-corrected chi connectivity index (χ4v) is 4.30. The molecule has 0 aliphatic heterocycles. The molecule has 0 N–H and O–H groups in total. The maximum absolute atomic E-state index is 12.2. The van der Waals surface area contributed by atoms with E-state index in [1.165, 1.54) is 43.3 Å². The fraction of sp³-hybridized carbons (Fsp3) is 0.591. The van der Waals surface area contributed by atoms with E-state index in [-0.39, 0.29) is 5.78 Å². The smallest absolute Gasteiger partial charge is 0.176 e. The summed E-state index contributed by atoms with van der Waals surface area (Å²) in [5.41, 5.74) is 4.51. The third-order valence-electron chi connectivity index (χ3n) is 5.35. The molecule has 0 aliphatic rings. The normalized spacial score (nSPS) is 13.4. The van der Waals surface area contributed by atoms with Crippen molar-refractivity contribution in [2.75, 3.05) is 27.2 Å². The van der Waals surface area contributed by atoms with Gasteiger partial charge in [-0.1, -0.05) is 32.8 Å². The molecule has 3 nitrogen and oxygen atoms in total. The van der Waals surface area contributed by atoms with Gasteiger partial charge >= 0.3 is 0 Å². The number of ketones is 1. The molecule has 0 saturated carbocycles. The van der Waals surface area contributed by atoms with Crippen molar-refractivity contribution in [2.24, 2.45) is 0 Å². The zero-order chi connectivity index (χ0) is 18.6. The number of rotatable bonds is 9. The maximum Gasteiger partial charge on any atom is 0.176 e. The Balaban J connectivity index is 2.26. The molecule has 0 amide bonds. The van der Waals surface area contributed by atoms with Crippen LogP contribution >= 0.6 is 0 Å². The van der Waals surface area contributed by atoms with Gasteiger partial charge in [0.2, 0.25) is 0 Å².